The molecule has 0 amide bonds. The van der Waals surface area contributed by atoms with Crippen LogP contribution in [0.25, 0.3) is 0 Å². The van der Waals surface area contributed by atoms with E-state index in [9.17, 15) is 0 Å². The normalized spacial score (nSPS) is 13.7. The van der Waals surface area contributed by atoms with E-state index < -0.39 is 11.9 Å². The lowest BCUT2D eigenvalue weighted by atomic mass is 10.1. The highest BCUT2D eigenvalue weighted by molar-refractivity contribution is 6.27. The minimum absolute atomic E-state index is 0.677. The van der Waals surface area contributed by atoms with Crippen molar-refractivity contribution in [2.45, 2.75) is 13.1 Å². The summed E-state index contributed by atoms with van der Waals surface area (Å²) in [6.45, 7) is 5.62. The third-order valence-corrected chi connectivity index (χ3v) is 5.72. The van der Waals surface area contributed by atoms with Gasteiger partial charge in [0.1, 0.15) is 17.2 Å². The zero-order chi connectivity index (χ0) is 26.7. The molecular formula is C25H34N2O9. The van der Waals surface area contributed by atoms with Gasteiger partial charge in [-0.3, -0.25) is 9.80 Å². The summed E-state index contributed by atoms with van der Waals surface area (Å²) in [5, 5.41) is 14.8. The number of methoxy groups -OCH3 is 5. The van der Waals surface area contributed by atoms with Crippen molar-refractivity contribution >= 4 is 11.9 Å². The number of ether oxygens (including phenoxy) is 5. The molecule has 3 rings (SSSR count). The SMILES string of the molecule is COc1ccc(CN2CCN(Cc3cc(OC)c(OC)cc3OC)CC2)c(OC)c1.O=C(O)C(=O)O. The molecule has 0 atom stereocenters. The van der Waals surface area contributed by atoms with E-state index in [0.717, 1.165) is 67.8 Å². The number of hydrogen-bond acceptors (Lipinski definition) is 9. The number of benzene rings is 2. The van der Waals surface area contributed by atoms with Crippen LogP contribution in [0.4, 0.5) is 0 Å². The van der Waals surface area contributed by atoms with Gasteiger partial charge in [-0.05, 0) is 12.1 Å². The Morgan fingerprint density at radius 1 is 0.639 bits per heavy atom. The van der Waals surface area contributed by atoms with Gasteiger partial charge in [0, 0.05) is 62.5 Å². The molecule has 0 saturated carbocycles. The van der Waals surface area contributed by atoms with Gasteiger partial charge in [0.05, 0.1) is 35.5 Å². The Labute approximate surface area is 210 Å². The third kappa shape index (κ3) is 7.92. The van der Waals surface area contributed by atoms with Gasteiger partial charge in [0.2, 0.25) is 0 Å². The molecule has 198 valence electrons. The molecule has 2 aromatic carbocycles. The fourth-order valence-electron chi connectivity index (χ4n) is 3.79. The lowest BCUT2D eigenvalue weighted by Crippen LogP contribution is -2.45. The number of hydrogen-bond donors (Lipinski definition) is 2. The van der Waals surface area contributed by atoms with Crippen LogP contribution in [0.3, 0.4) is 0 Å². The highest BCUT2D eigenvalue weighted by atomic mass is 16.5. The highest BCUT2D eigenvalue weighted by Crippen LogP contribution is 2.35. The molecule has 2 aromatic rings. The molecule has 2 N–H and O–H groups in total. The molecule has 1 heterocycles. The van der Waals surface area contributed by atoms with Crippen LogP contribution in [0.2, 0.25) is 0 Å². The van der Waals surface area contributed by atoms with E-state index in [1.807, 2.05) is 24.3 Å². The topological polar surface area (TPSA) is 127 Å². The van der Waals surface area contributed by atoms with Crippen LogP contribution in [0, 0.1) is 0 Å². The second-order valence-electron chi connectivity index (χ2n) is 7.86. The quantitative estimate of drug-likeness (QED) is 0.486. The molecular weight excluding hydrogens is 472 g/mol. The van der Waals surface area contributed by atoms with Crippen molar-refractivity contribution in [3.8, 4) is 28.7 Å². The first-order valence-electron chi connectivity index (χ1n) is 11.2. The Balaban J connectivity index is 0.000000678. The zero-order valence-corrected chi connectivity index (χ0v) is 21.3. The summed E-state index contributed by atoms with van der Waals surface area (Å²) in [5.41, 5.74) is 2.27. The van der Waals surface area contributed by atoms with E-state index in [-0.39, 0.29) is 0 Å². The van der Waals surface area contributed by atoms with Crippen LogP contribution in [0.15, 0.2) is 30.3 Å². The van der Waals surface area contributed by atoms with E-state index in [0.29, 0.717) is 5.75 Å². The molecule has 0 radical (unpaired) electrons. The average Bonchev–Trinajstić information content (AvgIpc) is 2.89. The van der Waals surface area contributed by atoms with Crippen LogP contribution in [0.1, 0.15) is 11.1 Å². The second-order valence-corrected chi connectivity index (χ2v) is 7.86. The first-order valence-corrected chi connectivity index (χ1v) is 11.2. The molecule has 0 aromatic heterocycles. The molecule has 1 fully saturated rings. The number of carboxylic acids is 2. The van der Waals surface area contributed by atoms with Crippen LogP contribution < -0.4 is 23.7 Å². The molecule has 0 unspecified atom stereocenters. The summed E-state index contributed by atoms with van der Waals surface area (Å²) >= 11 is 0. The Kier molecular flexibility index (Phi) is 11.1. The molecule has 11 nitrogen and oxygen atoms in total. The largest absolute Gasteiger partial charge is 0.497 e. The fraction of sp³-hybridized carbons (Fsp3) is 0.440. The molecule has 0 spiro atoms. The minimum Gasteiger partial charge on any atom is -0.497 e. The van der Waals surface area contributed by atoms with Crippen LogP contribution >= 0.6 is 0 Å². The summed E-state index contributed by atoms with van der Waals surface area (Å²) in [6, 6.07) is 9.90. The zero-order valence-electron chi connectivity index (χ0n) is 21.3. The number of rotatable bonds is 9. The number of carbonyl (C=O) groups is 2. The first kappa shape index (κ1) is 28.5. The smallest absolute Gasteiger partial charge is 0.414 e. The predicted molar refractivity (Wildman–Crippen MR) is 131 cm³/mol. The van der Waals surface area contributed by atoms with Gasteiger partial charge < -0.3 is 33.9 Å². The van der Waals surface area contributed by atoms with Crippen molar-refractivity contribution in [1.82, 2.24) is 9.80 Å². The lowest BCUT2D eigenvalue weighted by Gasteiger charge is -2.35. The predicted octanol–water partition coefficient (Wildman–Crippen LogP) is 2.20. The van der Waals surface area contributed by atoms with Gasteiger partial charge in [-0.15, -0.1) is 0 Å². The molecule has 0 bridgehead atoms. The Hall–Kier alpha value is -3.70. The van der Waals surface area contributed by atoms with Gasteiger partial charge in [-0.2, -0.15) is 0 Å². The molecule has 1 saturated heterocycles. The molecule has 36 heavy (non-hydrogen) atoms. The van der Waals surface area contributed by atoms with E-state index in [1.165, 1.54) is 5.56 Å². The summed E-state index contributed by atoms with van der Waals surface area (Å²) in [7, 11) is 8.34. The minimum atomic E-state index is -1.82. The summed E-state index contributed by atoms with van der Waals surface area (Å²) in [5.74, 6) is 0.245. The van der Waals surface area contributed by atoms with Crippen molar-refractivity contribution < 1.29 is 43.5 Å². The number of piperazine rings is 1. The maximum atomic E-state index is 9.10. The summed E-state index contributed by atoms with van der Waals surface area (Å²) < 4.78 is 27.3. The number of carboxylic acid groups (broad SMARTS) is 2. The lowest BCUT2D eigenvalue weighted by molar-refractivity contribution is -0.159. The van der Waals surface area contributed by atoms with Gasteiger partial charge in [0.25, 0.3) is 0 Å². The highest BCUT2D eigenvalue weighted by Gasteiger charge is 2.21. The Morgan fingerprint density at radius 3 is 1.53 bits per heavy atom. The third-order valence-electron chi connectivity index (χ3n) is 5.72. The van der Waals surface area contributed by atoms with Crippen molar-refractivity contribution in [2.75, 3.05) is 61.7 Å². The monoisotopic (exact) mass is 506 g/mol. The maximum Gasteiger partial charge on any atom is 0.414 e. The standard InChI is InChI=1S/C23H32N2O5.C2H2O4/c1-26-19-7-6-17(20(13-19)27-2)15-24-8-10-25(11-9-24)16-18-12-22(29-4)23(30-5)14-21(18)28-3;3-1(4)2(5)6/h6-7,12-14H,8-11,15-16H2,1-5H3;(H,3,4)(H,5,6). The number of nitrogens with zero attached hydrogens (tertiary/aromatic N) is 2. The van der Waals surface area contributed by atoms with E-state index >= 15 is 0 Å². The molecule has 11 heteroatoms. The average molecular weight is 507 g/mol. The molecule has 0 aliphatic carbocycles. The van der Waals surface area contributed by atoms with E-state index in [4.69, 9.17) is 43.5 Å². The maximum absolute atomic E-state index is 9.10. The summed E-state index contributed by atoms with van der Waals surface area (Å²) in [6.07, 6.45) is 0. The van der Waals surface area contributed by atoms with E-state index in [1.54, 1.807) is 35.5 Å². The molecule has 1 aliphatic heterocycles. The summed E-state index contributed by atoms with van der Waals surface area (Å²) in [4.78, 5) is 23.1. The first-order chi connectivity index (χ1) is 17.3. The van der Waals surface area contributed by atoms with Crippen molar-refractivity contribution in [2.24, 2.45) is 0 Å². The van der Waals surface area contributed by atoms with Crippen molar-refractivity contribution in [3.63, 3.8) is 0 Å². The van der Waals surface area contributed by atoms with Crippen LogP contribution in [-0.2, 0) is 22.7 Å². The van der Waals surface area contributed by atoms with Crippen LogP contribution in [-0.4, -0.2) is 93.7 Å². The van der Waals surface area contributed by atoms with Crippen molar-refractivity contribution in [3.05, 3.63) is 41.5 Å². The molecule has 1 aliphatic rings. The van der Waals surface area contributed by atoms with Gasteiger partial charge in [-0.1, -0.05) is 6.07 Å². The van der Waals surface area contributed by atoms with Crippen molar-refractivity contribution in [1.29, 1.82) is 0 Å². The Bertz CT molecular complexity index is 1010. The van der Waals surface area contributed by atoms with Crippen LogP contribution in [0.5, 0.6) is 28.7 Å². The van der Waals surface area contributed by atoms with Gasteiger partial charge in [-0.25, -0.2) is 9.59 Å². The fourth-order valence-corrected chi connectivity index (χ4v) is 3.79. The number of aliphatic carboxylic acids is 2. The second kappa shape index (κ2) is 14.0. The van der Waals surface area contributed by atoms with Gasteiger partial charge >= 0.3 is 11.9 Å². The Morgan fingerprint density at radius 2 is 1.08 bits per heavy atom. The van der Waals surface area contributed by atoms with E-state index in [2.05, 4.69) is 15.9 Å². The van der Waals surface area contributed by atoms with Gasteiger partial charge in [0.15, 0.2) is 11.5 Å².